The Labute approximate surface area is 146 Å². The number of ether oxygens (including phenoxy) is 1. The number of hydrogen-bond acceptors (Lipinski definition) is 5. The molecule has 0 saturated heterocycles. The van der Waals surface area contributed by atoms with Crippen LogP contribution in [0.2, 0.25) is 0 Å². The molecule has 25 heavy (non-hydrogen) atoms. The van der Waals surface area contributed by atoms with Crippen LogP contribution in [0.3, 0.4) is 0 Å². The molecule has 0 spiro atoms. The molecule has 6 nitrogen and oxygen atoms in total. The zero-order chi connectivity index (χ0) is 18.0. The molecular formula is C18H17NO5S. The van der Waals surface area contributed by atoms with Crippen molar-refractivity contribution in [2.75, 3.05) is 0 Å². The number of esters is 1. The molecule has 0 fully saturated rings. The van der Waals surface area contributed by atoms with Crippen LogP contribution in [0.5, 0.6) is 0 Å². The number of carbonyl (C=O) groups excluding carboxylic acids is 2. The molecule has 0 bridgehead atoms. The Balaban J connectivity index is 1.98. The molecule has 130 valence electrons. The van der Waals surface area contributed by atoms with E-state index in [1.807, 2.05) is 0 Å². The number of allylic oxidation sites excluding steroid dienone is 3. The molecule has 7 heteroatoms. The van der Waals surface area contributed by atoms with Gasteiger partial charge in [-0.1, -0.05) is 24.3 Å². The number of benzene rings is 1. The van der Waals surface area contributed by atoms with E-state index >= 15 is 0 Å². The first-order chi connectivity index (χ1) is 11.9. The maximum atomic E-state index is 12.5. The number of ketones is 1. The van der Waals surface area contributed by atoms with Gasteiger partial charge < -0.3 is 4.74 Å². The minimum absolute atomic E-state index is 0.0900. The highest BCUT2D eigenvalue weighted by molar-refractivity contribution is 7.90. The van der Waals surface area contributed by atoms with Gasteiger partial charge in [0, 0.05) is 12.8 Å². The quantitative estimate of drug-likeness (QED) is 0.609. The van der Waals surface area contributed by atoms with Gasteiger partial charge >= 0.3 is 5.97 Å². The van der Waals surface area contributed by atoms with E-state index in [9.17, 15) is 18.0 Å². The molecule has 0 heterocycles. The van der Waals surface area contributed by atoms with Crippen LogP contribution in [0.25, 0.3) is 0 Å². The molecule has 0 saturated carbocycles. The maximum absolute atomic E-state index is 12.5. The van der Waals surface area contributed by atoms with E-state index in [1.54, 1.807) is 30.4 Å². The van der Waals surface area contributed by atoms with Gasteiger partial charge in [-0.3, -0.25) is 9.59 Å². The normalized spacial score (nSPS) is 27.2. The Kier molecular flexibility index (Phi) is 4.67. The zero-order valence-electron chi connectivity index (χ0n) is 13.5. The summed E-state index contributed by atoms with van der Waals surface area (Å²) in [5, 5.41) is 0. The summed E-state index contributed by atoms with van der Waals surface area (Å²) in [5.74, 6) is -1.78. The number of nitrogens with zero attached hydrogens (tertiary/aromatic N) is 1. The molecule has 0 amide bonds. The maximum Gasteiger partial charge on any atom is 0.303 e. The van der Waals surface area contributed by atoms with E-state index in [2.05, 4.69) is 4.40 Å². The molecule has 3 rings (SSSR count). The van der Waals surface area contributed by atoms with Crippen LogP contribution in [-0.4, -0.2) is 32.0 Å². The Morgan fingerprint density at radius 1 is 1.20 bits per heavy atom. The van der Waals surface area contributed by atoms with Gasteiger partial charge in [-0.2, -0.15) is 12.8 Å². The molecule has 2 aliphatic carbocycles. The second kappa shape index (κ2) is 6.76. The highest BCUT2D eigenvalue weighted by Gasteiger charge is 2.41. The fourth-order valence-corrected chi connectivity index (χ4v) is 4.19. The van der Waals surface area contributed by atoms with Gasteiger partial charge in [-0.25, -0.2) is 0 Å². The molecule has 1 aromatic carbocycles. The monoisotopic (exact) mass is 359 g/mol. The lowest BCUT2D eigenvalue weighted by Gasteiger charge is -2.34. The van der Waals surface area contributed by atoms with Crippen LogP contribution >= 0.6 is 0 Å². The molecule has 1 unspecified atom stereocenters. The summed E-state index contributed by atoms with van der Waals surface area (Å²) in [7, 11) is -3.87. The van der Waals surface area contributed by atoms with Crippen LogP contribution in [0.4, 0.5) is 0 Å². The Hall–Kier alpha value is -2.54. The minimum atomic E-state index is -3.87. The molecule has 0 aliphatic heterocycles. The van der Waals surface area contributed by atoms with Crippen LogP contribution in [-0.2, 0) is 24.3 Å². The zero-order valence-corrected chi connectivity index (χ0v) is 14.3. The molecule has 0 aromatic heterocycles. The van der Waals surface area contributed by atoms with Crippen molar-refractivity contribution >= 4 is 27.5 Å². The van der Waals surface area contributed by atoms with Gasteiger partial charge in [-0.15, -0.1) is 0 Å². The van der Waals surface area contributed by atoms with Crippen molar-refractivity contribution in [1.29, 1.82) is 0 Å². The highest BCUT2D eigenvalue weighted by Crippen LogP contribution is 2.34. The number of fused-ring (bicyclic) bond motifs is 1. The molecule has 0 radical (unpaired) electrons. The third-order valence-corrected chi connectivity index (χ3v) is 5.52. The smallest absolute Gasteiger partial charge is 0.303 e. The third-order valence-electron chi connectivity index (χ3n) is 4.20. The van der Waals surface area contributed by atoms with E-state index in [-0.39, 0.29) is 10.7 Å². The highest BCUT2D eigenvalue weighted by atomic mass is 32.2. The Morgan fingerprint density at radius 2 is 1.92 bits per heavy atom. The molecular weight excluding hydrogens is 342 g/mol. The number of rotatable bonds is 3. The number of sulfonamides is 1. The van der Waals surface area contributed by atoms with Crippen molar-refractivity contribution in [3.05, 3.63) is 54.6 Å². The predicted octanol–water partition coefficient (Wildman–Crippen LogP) is 2.08. The lowest BCUT2D eigenvalue weighted by molar-refractivity contribution is -0.148. The van der Waals surface area contributed by atoms with E-state index in [0.29, 0.717) is 12.1 Å². The van der Waals surface area contributed by atoms with Gasteiger partial charge in [-0.05, 0) is 36.8 Å². The summed E-state index contributed by atoms with van der Waals surface area (Å²) >= 11 is 0. The fourth-order valence-electron chi connectivity index (χ4n) is 3.11. The standard InChI is InChI=1S/C18H17NO5S/c1-12(20)24-17-9-5-8-14-15(10-11-16(21)18(14)17)19-25(22,23)13-6-3-2-4-7-13/h2-7,9-11,14,17-18H,8H2,1H3/b19-15-/t14-,17?,18-/m1/s1. The topological polar surface area (TPSA) is 89.9 Å². The Morgan fingerprint density at radius 3 is 2.60 bits per heavy atom. The molecule has 1 aromatic rings. The van der Waals surface area contributed by atoms with Crippen LogP contribution < -0.4 is 0 Å². The Bertz CT molecular complexity index is 883. The second-order valence-corrected chi connectivity index (χ2v) is 7.51. The van der Waals surface area contributed by atoms with E-state index in [4.69, 9.17) is 4.74 Å². The third kappa shape index (κ3) is 3.61. The second-order valence-electron chi connectivity index (χ2n) is 5.91. The van der Waals surface area contributed by atoms with Gasteiger partial charge in [0.2, 0.25) is 0 Å². The molecule has 2 aliphatic rings. The van der Waals surface area contributed by atoms with Crippen molar-refractivity contribution in [2.45, 2.75) is 24.3 Å². The van der Waals surface area contributed by atoms with Gasteiger partial charge in [0.15, 0.2) is 5.78 Å². The van der Waals surface area contributed by atoms with Crippen LogP contribution in [0.15, 0.2) is 63.9 Å². The summed E-state index contributed by atoms with van der Waals surface area (Å²) in [6.45, 7) is 1.27. The molecule has 3 atom stereocenters. The predicted molar refractivity (Wildman–Crippen MR) is 91.5 cm³/mol. The van der Waals surface area contributed by atoms with Crippen LogP contribution in [0.1, 0.15) is 13.3 Å². The van der Waals surface area contributed by atoms with E-state index in [0.717, 1.165) is 0 Å². The van der Waals surface area contributed by atoms with Gasteiger partial charge in [0.1, 0.15) is 6.10 Å². The summed E-state index contributed by atoms with van der Waals surface area (Å²) in [5.41, 5.74) is 0.301. The largest absolute Gasteiger partial charge is 0.458 e. The average Bonchev–Trinajstić information content (AvgIpc) is 2.58. The van der Waals surface area contributed by atoms with Gasteiger partial charge in [0.25, 0.3) is 10.0 Å². The summed E-state index contributed by atoms with van der Waals surface area (Å²) in [4.78, 5) is 23.7. The number of hydrogen-bond donors (Lipinski definition) is 0. The van der Waals surface area contributed by atoms with Gasteiger partial charge in [0.05, 0.1) is 16.5 Å². The minimum Gasteiger partial charge on any atom is -0.458 e. The van der Waals surface area contributed by atoms with E-state index < -0.39 is 33.9 Å². The average molecular weight is 359 g/mol. The first-order valence-corrected chi connectivity index (χ1v) is 9.28. The molecule has 0 N–H and O–H groups in total. The van der Waals surface area contributed by atoms with Crippen molar-refractivity contribution in [3.8, 4) is 0 Å². The lowest BCUT2D eigenvalue weighted by atomic mass is 9.73. The van der Waals surface area contributed by atoms with Crippen molar-refractivity contribution in [2.24, 2.45) is 16.2 Å². The van der Waals surface area contributed by atoms with Crippen LogP contribution in [0, 0.1) is 11.8 Å². The van der Waals surface area contributed by atoms with Crippen molar-refractivity contribution in [3.63, 3.8) is 0 Å². The van der Waals surface area contributed by atoms with E-state index in [1.165, 1.54) is 31.2 Å². The summed E-state index contributed by atoms with van der Waals surface area (Å²) in [6.07, 6.45) is 5.94. The fraction of sp³-hybridized carbons (Fsp3) is 0.278. The summed E-state index contributed by atoms with van der Waals surface area (Å²) in [6, 6.07) is 7.90. The SMILES string of the molecule is CC(=O)OC1C=CC[C@@H]2/C(=N\S(=O)(=O)c3ccccc3)C=CC(=O)[C@H]12. The lowest BCUT2D eigenvalue weighted by Crippen LogP contribution is -2.43. The van der Waals surface area contributed by atoms with Crippen molar-refractivity contribution < 1.29 is 22.7 Å². The first kappa shape index (κ1) is 17.3. The summed E-state index contributed by atoms with van der Waals surface area (Å²) < 4.78 is 34.2. The number of carbonyl (C=O) groups is 2. The van der Waals surface area contributed by atoms with Crippen molar-refractivity contribution in [1.82, 2.24) is 0 Å². The first-order valence-electron chi connectivity index (χ1n) is 7.84.